The molecule has 5 nitrogen and oxygen atoms in total. The first kappa shape index (κ1) is 17.2. The lowest BCUT2D eigenvalue weighted by Gasteiger charge is -2.30. The van der Waals surface area contributed by atoms with Crippen molar-refractivity contribution >= 4 is 5.91 Å². The fraction of sp³-hybridized carbons (Fsp3) is 0.684. The molecule has 0 saturated carbocycles. The fourth-order valence-corrected chi connectivity index (χ4v) is 3.73. The first-order valence-corrected chi connectivity index (χ1v) is 9.17. The van der Waals surface area contributed by atoms with Gasteiger partial charge in [0.15, 0.2) is 0 Å². The number of hydrogen-bond acceptors (Lipinski definition) is 4. The maximum Gasteiger partial charge on any atom is 0.220 e. The van der Waals surface area contributed by atoms with Crippen LogP contribution in [0, 0.1) is 0 Å². The summed E-state index contributed by atoms with van der Waals surface area (Å²) in [7, 11) is 0. The highest BCUT2D eigenvalue weighted by atomic mass is 16.4. The predicted octanol–water partition coefficient (Wildman–Crippen LogP) is 3.33. The Hall–Kier alpha value is -1.62. The fourth-order valence-electron chi connectivity index (χ4n) is 3.73. The molecule has 3 rings (SSSR count). The lowest BCUT2D eigenvalue weighted by molar-refractivity contribution is -0.132. The average molecular weight is 331 g/mol. The number of allylic oxidation sites excluding steroid dienone is 1. The molecular weight excluding hydrogens is 302 g/mol. The monoisotopic (exact) mass is 331 g/mol. The molecule has 2 atom stereocenters. The molecule has 1 amide bonds. The number of oxazole rings is 1. The Morgan fingerprint density at radius 3 is 2.92 bits per heavy atom. The van der Waals surface area contributed by atoms with Crippen LogP contribution in [0.25, 0.3) is 0 Å². The third-order valence-corrected chi connectivity index (χ3v) is 5.18. The standard InChI is InChI=1S/C19H29N3O2/c1-14(2)18-11-20-19(24-18)13-22(15(3)23)17-9-10-21(12-17)16-7-5-4-6-8-16/h5,7,11,14,16-17H,4,6,8-10,12-13H2,1-3H3/t16-,17-/m1/s1. The number of rotatable bonds is 5. The van der Waals surface area contributed by atoms with Gasteiger partial charge in [-0.3, -0.25) is 9.69 Å². The first-order valence-electron chi connectivity index (χ1n) is 9.17. The van der Waals surface area contributed by atoms with Crippen LogP contribution in [0.2, 0.25) is 0 Å². The molecule has 0 unspecified atom stereocenters. The van der Waals surface area contributed by atoms with E-state index in [2.05, 4.69) is 35.9 Å². The minimum atomic E-state index is 0.102. The van der Waals surface area contributed by atoms with Crippen molar-refractivity contribution in [3.8, 4) is 0 Å². The zero-order valence-electron chi connectivity index (χ0n) is 15.1. The van der Waals surface area contributed by atoms with Gasteiger partial charge in [-0.05, 0) is 25.7 Å². The van der Waals surface area contributed by atoms with Gasteiger partial charge in [-0.15, -0.1) is 0 Å². The van der Waals surface area contributed by atoms with Crippen molar-refractivity contribution in [3.63, 3.8) is 0 Å². The van der Waals surface area contributed by atoms with Crippen molar-refractivity contribution < 1.29 is 9.21 Å². The Morgan fingerprint density at radius 1 is 1.46 bits per heavy atom. The second kappa shape index (κ2) is 7.51. The van der Waals surface area contributed by atoms with Gasteiger partial charge in [-0.1, -0.05) is 26.0 Å². The number of carbonyl (C=O) groups is 1. The number of hydrogen-bond donors (Lipinski definition) is 0. The second-order valence-corrected chi connectivity index (χ2v) is 7.32. The van der Waals surface area contributed by atoms with E-state index in [-0.39, 0.29) is 11.9 Å². The summed E-state index contributed by atoms with van der Waals surface area (Å²) in [6.07, 6.45) is 11.2. The third-order valence-electron chi connectivity index (χ3n) is 5.18. The average Bonchev–Trinajstić information content (AvgIpc) is 3.23. The van der Waals surface area contributed by atoms with Crippen LogP contribution in [0.15, 0.2) is 22.8 Å². The van der Waals surface area contributed by atoms with Gasteiger partial charge in [0.2, 0.25) is 11.8 Å². The number of aromatic nitrogens is 1. The van der Waals surface area contributed by atoms with E-state index in [0.29, 0.717) is 24.4 Å². The topological polar surface area (TPSA) is 49.6 Å². The molecule has 1 saturated heterocycles. The summed E-state index contributed by atoms with van der Waals surface area (Å²) in [6.45, 7) is 8.30. The van der Waals surface area contributed by atoms with Crippen molar-refractivity contribution in [2.45, 2.75) is 71.0 Å². The van der Waals surface area contributed by atoms with Gasteiger partial charge < -0.3 is 9.32 Å². The molecule has 0 N–H and O–H groups in total. The molecular formula is C19H29N3O2. The van der Waals surface area contributed by atoms with E-state index in [0.717, 1.165) is 25.3 Å². The summed E-state index contributed by atoms with van der Waals surface area (Å²) in [5.41, 5.74) is 0. The molecule has 1 aliphatic heterocycles. The smallest absolute Gasteiger partial charge is 0.220 e. The molecule has 1 fully saturated rings. The van der Waals surface area contributed by atoms with Crippen molar-refractivity contribution in [1.82, 2.24) is 14.8 Å². The van der Waals surface area contributed by atoms with E-state index in [1.165, 1.54) is 19.3 Å². The molecule has 0 spiro atoms. The Balaban J connectivity index is 1.64. The van der Waals surface area contributed by atoms with Crippen LogP contribution in [-0.4, -0.2) is 45.9 Å². The summed E-state index contributed by atoms with van der Waals surface area (Å²) in [5, 5.41) is 0. The summed E-state index contributed by atoms with van der Waals surface area (Å²) in [5.74, 6) is 1.95. The van der Waals surface area contributed by atoms with E-state index in [1.54, 1.807) is 13.1 Å². The van der Waals surface area contributed by atoms with Crippen LogP contribution in [0.1, 0.15) is 64.0 Å². The van der Waals surface area contributed by atoms with Gasteiger partial charge in [0.25, 0.3) is 0 Å². The number of nitrogens with zero attached hydrogens (tertiary/aromatic N) is 3. The summed E-state index contributed by atoms with van der Waals surface area (Å²) in [6, 6.07) is 0.805. The van der Waals surface area contributed by atoms with Gasteiger partial charge in [0.1, 0.15) is 5.76 Å². The van der Waals surface area contributed by atoms with Crippen LogP contribution in [0.4, 0.5) is 0 Å². The molecule has 24 heavy (non-hydrogen) atoms. The van der Waals surface area contributed by atoms with Crippen molar-refractivity contribution in [2.24, 2.45) is 0 Å². The molecule has 5 heteroatoms. The van der Waals surface area contributed by atoms with Gasteiger partial charge in [-0.25, -0.2) is 4.98 Å². The predicted molar refractivity (Wildman–Crippen MR) is 93.6 cm³/mol. The number of amides is 1. The van der Waals surface area contributed by atoms with Gasteiger partial charge >= 0.3 is 0 Å². The first-order chi connectivity index (χ1) is 11.5. The van der Waals surface area contributed by atoms with Gasteiger partial charge in [0.05, 0.1) is 12.7 Å². The van der Waals surface area contributed by atoms with E-state index in [1.807, 2.05) is 4.90 Å². The van der Waals surface area contributed by atoms with Gasteiger partial charge in [0, 0.05) is 38.0 Å². The molecule has 2 aliphatic rings. The maximum atomic E-state index is 12.2. The van der Waals surface area contributed by atoms with Crippen LogP contribution in [0.3, 0.4) is 0 Å². The van der Waals surface area contributed by atoms with E-state index in [9.17, 15) is 4.79 Å². The zero-order chi connectivity index (χ0) is 17.1. The number of carbonyl (C=O) groups excluding carboxylic acids is 1. The zero-order valence-corrected chi connectivity index (χ0v) is 15.1. The molecule has 1 aromatic rings. The Morgan fingerprint density at radius 2 is 2.29 bits per heavy atom. The van der Waals surface area contributed by atoms with Gasteiger partial charge in [-0.2, -0.15) is 0 Å². The highest BCUT2D eigenvalue weighted by molar-refractivity contribution is 5.73. The normalized spacial score (nSPS) is 24.7. The highest BCUT2D eigenvalue weighted by Gasteiger charge is 2.33. The van der Waals surface area contributed by atoms with Crippen LogP contribution >= 0.6 is 0 Å². The molecule has 0 bridgehead atoms. The summed E-state index contributed by atoms with van der Waals surface area (Å²) in [4.78, 5) is 21.0. The SMILES string of the molecule is CC(=O)N(Cc1ncc(C(C)C)o1)[C@@H]1CCN([C@@H]2C=CCCC2)C1. The summed E-state index contributed by atoms with van der Waals surface area (Å²) >= 11 is 0. The molecule has 0 radical (unpaired) electrons. The summed E-state index contributed by atoms with van der Waals surface area (Å²) < 4.78 is 5.80. The molecule has 132 valence electrons. The van der Waals surface area contributed by atoms with Crippen molar-refractivity contribution in [2.75, 3.05) is 13.1 Å². The minimum Gasteiger partial charge on any atom is -0.444 e. The molecule has 2 heterocycles. The van der Waals surface area contributed by atoms with Crippen LogP contribution in [0.5, 0.6) is 0 Å². The van der Waals surface area contributed by atoms with Crippen LogP contribution < -0.4 is 0 Å². The molecule has 1 aliphatic carbocycles. The Labute approximate surface area is 144 Å². The quantitative estimate of drug-likeness (QED) is 0.777. The Kier molecular flexibility index (Phi) is 5.39. The van der Waals surface area contributed by atoms with Crippen molar-refractivity contribution in [3.05, 3.63) is 30.0 Å². The molecule has 0 aromatic carbocycles. The van der Waals surface area contributed by atoms with E-state index in [4.69, 9.17) is 4.42 Å². The Bertz CT molecular complexity index is 593. The van der Waals surface area contributed by atoms with Crippen molar-refractivity contribution in [1.29, 1.82) is 0 Å². The lowest BCUT2D eigenvalue weighted by Crippen LogP contribution is -2.42. The second-order valence-electron chi connectivity index (χ2n) is 7.32. The van der Waals surface area contributed by atoms with Crippen LogP contribution in [-0.2, 0) is 11.3 Å². The largest absolute Gasteiger partial charge is 0.444 e. The lowest BCUT2D eigenvalue weighted by atomic mass is 10.0. The van der Waals surface area contributed by atoms with E-state index < -0.39 is 0 Å². The highest BCUT2D eigenvalue weighted by Crippen LogP contribution is 2.25. The maximum absolute atomic E-state index is 12.2. The van der Waals surface area contributed by atoms with E-state index >= 15 is 0 Å². The third kappa shape index (κ3) is 3.89. The molecule has 1 aromatic heterocycles. The number of likely N-dealkylation sites (tertiary alicyclic amines) is 1. The minimum absolute atomic E-state index is 0.102.